The molecule has 0 aromatic heterocycles. The Morgan fingerprint density at radius 1 is 1.19 bits per heavy atom. The molecule has 1 rings (SSSR count). The predicted octanol–water partition coefficient (Wildman–Crippen LogP) is 2.04. The summed E-state index contributed by atoms with van der Waals surface area (Å²) in [6, 6.07) is 0. The zero-order chi connectivity index (χ0) is 11.8. The third-order valence-corrected chi connectivity index (χ3v) is 3.18. The Labute approximate surface area is 99.8 Å². The van der Waals surface area contributed by atoms with Gasteiger partial charge in [0.05, 0.1) is 18.8 Å². The molecule has 1 heterocycles. The van der Waals surface area contributed by atoms with Crippen molar-refractivity contribution in [3.8, 4) is 0 Å². The molecular formula is C13H27NO2. The second-order valence-corrected chi connectivity index (χ2v) is 4.93. The van der Waals surface area contributed by atoms with E-state index in [1.165, 1.54) is 32.1 Å². The first-order chi connectivity index (χ1) is 7.76. The molecular weight excluding hydrogens is 202 g/mol. The maximum absolute atomic E-state index is 9.12. The lowest BCUT2D eigenvalue weighted by Gasteiger charge is -2.36. The number of hydrogen-bond acceptors (Lipinski definition) is 3. The summed E-state index contributed by atoms with van der Waals surface area (Å²) in [6.07, 6.45) is 6.94. The molecule has 0 bridgehead atoms. The highest BCUT2D eigenvalue weighted by atomic mass is 16.5. The van der Waals surface area contributed by atoms with Crippen molar-refractivity contribution in [1.29, 1.82) is 0 Å². The van der Waals surface area contributed by atoms with Crippen LogP contribution in [0.3, 0.4) is 0 Å². The smallest absolute Gasteiger partial charge is 0.0936 e. The Hall–Kier alpha value is -0.120. The highest BCUT2D eigenvalue weighted by Crippen LogP contribution is 2.12. The van der Waals surface area contributed by atoms with Crippen molar-refractivity contribution in [3.05, 3.63) is 0 Å². The van der Waals surface area contributed by atoms with Gasteiger partial charge in [-0.3, -0.25) is 4.90 Å². The standard InChI is InChI=1S/C13H27NO2/c1-3-4-5-6-7-8-14-9-12(2)16-13(10-14)11-15/h12-13,15H,3-11H2,1-2H3. The number of unbranched alkanes of at least 4 members (excludes halogenated alkanes) is 4. The van der Waals surface area contributed by atoms with Gasteiger partial charge in [0, 0.05) is 13.1 Å². The second kappa shape index (κ2) is 8.04. The third-order valence-electron chi connectivity index (χ3n) is 3.18. The molecule has 0 amide bonds. The highest BCUT2D eigenvalue weighted by Gasteiger charge is 2.23. The first-order valence-electron chi connectivity index (χ1n) is 6.75. The van der Waals surface area contributed by atoms with E-state index in [4.69, 9.17) is 9.84 Å². The average molecular weight is 229 g/mol. The van der Waals surface area contributed by atoms with Crippen LogP contribution >= 0.6 is 0 Å². The summed E-state index contributed by atoms with van der Waals surface area (Å²) >= 11 is 0. The van der Waals surface area contributed by atoms with E-state index in [1.807, 2.05) is 0 Å². The number of aliphatic hydroxyl groups excluding tert-OH is 1. The van der Waals surface area contributed by atoms with Crippen molar-refractivity contribution in [2.24, 2.45) is 0 Å². The molecule has 1 aliphatic heterocycles. The molecule has 0 aliphatic carbocycles. The van der Waals surface area contributed by atoms with Gasteiger partial charge < -0.3 is 9.84 Å². The molecule has 0 aromatic rings. The number of nitrogens with zero attached hydrogens (tertiary/aromatic N) is 1. The molecule has 3 nitrogen and oxygen atoms in total. The Kier molecular flexibility index (Phi) is 7.01. The van der Waals surface area contributed by atoms with E-state index in [0.29, 0.717) is 0 Å². The van der Waals surface area contributed by atoms with E-state index in [9.17, 15) is 0 Å². The van der Waals surface area contributed by atoms with Gasteiger partial charge in [-0.1, -0.05) is 32.6 Å². The summed E-state index contributed by atoms with van der Waals surface area (Å²) in [5.41, 5.74) is 0. The minimum absolute atomic E-state index is 0.0272. The number of rotatable bonds is 7. The first kappa shape index (κ1) is 13.9. The van der Waals surface area contributed by atoms with E-state index < -0.39 is 0 Å². The van der Waals surface area contributed by atoms with Gasteiger partial charge in [0.1, 0.15) is 0 Å². The number of ether oxygens (including phenoxy) is 1. The zero-order valence-corrected chi connectivity index (χ0v) is 10.8. The normalized spacial score (nSPS) is 27.2. The van der Waals surface area contributed by atoms with Crippen LogP contribution in [0.15, 0.2) is 0 Å². The third kappa shape index (κ3) is 5.28. The summed E-state index contributed by atoms with van der Waals surface area (Å²) in [5.74, 6) is 0. The molecule has 3 heteroatoms. The van der Waals surface area contributed by atoms with Crippen LogP contribution in [0.2, 0.25) is 0 Å². The Bertz CT molecular complexity index is 175. The van der Waals surface area contributed by atoms with Gasteiger partial charge in [0.15, 0.2) is 0 Å². The monoisotopic (exact) mass is 229 g/mol. The van der Waals surface area contributed by atoms with Crippen LogP contribution in [0, 0.1) is 0 Å². The molecule has 1 saturated heterocycles. The first-order valence-corrected chi connectivity index (χ1v) is 6.75. The SMILES string of the molecule is CCCCCCCN1CC(C)OC(CO)C1. The molecule has 0 aromatic carbocycles. The maximum Gasteiger partial charge on any atom is 0.0936 e. The van der Waals surface area contributed by atoms with Crippen molar-refractivity contribution < 1.29 is 9.84 Å². The Morgan fingerprint density at radius 2 is 1.94 bits per heavy atom. The number of hydrogen-bond donors (Lipinski definition) is 1. The van der Waals surface area contributed by atoms with Crippen molar-refractivity contribution in [2.75, 3.05) is 26.2 Å². The molecule has 0 radical (unpaired) electrons. The van der Waals surface area contributed by atoms with E-state index in [2.05, 4.69) is 18.7 Å². The fourth-order valence-electron chi connectivity index (χ4n) is 2.36. The lowest BCUT2D eigenvalue weighted by Crippen LogP contribution is -2.48. The van der Waals surface area contributed by atoms with Gasteiger partial charge in [-0.05, 0) is 19.9 Å². The summed E-state index contributed by atoms with van der Waals surface area (Å²) < 4.78 is 5.62. The summed E-state index contributed by atoms with van der Waals surface area (Å²) in [7, 11) is 0. The molecule has 96 valence electrons. The molecule has 0 saturated carbocycles. The lowest BCUT2D eigenvalue weighted by atomic mass is 10.1. The highest BCUT2D eigenvalue weighted by molar-refractivity contribution is 4.75. The van der Waals surface area contributed by atoms with Crippen LogP contribution in [0.4, 0.5) is 0 Å². The minimum Gasteiger partial charge on any atom is -0.394 e. The van der Waals surface area contributed by atoms with E-state index in [0.717, 1.165) is 19.6 Å². The zero-order valence-electron chi connectivity index (χ0n) is 10.8. The predicted molar refractivity (Wildman–Crippen MR) is 66.6 cm³/mol. The Balaban J connectivity index is 2.10. The van der Waals surface area contributed by atoms with Gasteiger partial charge in [-0.2, -0.15) is 0 Å². The van der Waals surface area contributed by atoms with Gasteiger partial charge in [0.2, 0.25) is 0 Å². The van der Waals surface area contributed by atoms with Gasteiger partial charge in [-0.25, -0.2) is 0 Å². The minimum atomic E-state index is 0.0272. The molecule has 16 heavy (non-hydrogen) atoms. The van der Waals surface area contributed by atoms with Gasteiger partial charge in [0.25, 0.3) is 0 Å². The molecule has 1 fully saturated rings. The summed E-state index contributed by atoms with van der Waals surface area (Å²) in [5, 5.41) is 9.12. The van der Waals surface area contributed by atoms with Crippen molar-refractivity contribution in [3.63, 3.8) is 0 Å². The molecule has 1 aliphatic rings. The lowest BCUT2D eigenvalue weighted by molar-refractivity contribution is -0.0952. The largest absolute Gasteiger partial charge is 0.394 e. The van der Waals surface area contributed by atoms with E-state index in [1.54, 1.807) is 0 Å². The average Bonchev–Trinajstić information content (AvgIpc) is 2.28. The van der Waals surface area contributed by atoms with Gasteiger partial charge in [-0.15, -0.1) is 0 Å². The van der Waals surface area contributed by atoms with Gasteiger partial charge >= 0.3 is 0 Å². The molecule has 0 spiro atoms. The van der Waals surface area contributed by atoms with Crippen LogP contribution in [-0.4, -0.2) is 48.5 Å². The maximum atomic E-state index is 9.12. The fourth-order valence-corrected chi connectivity index (χ4v) is 2.36. The Morgan fingerprint density at radius 3 is 2.62 bits per heavy atom. The van der Waals surface area contributed by atoms with Crippen LogP contribution in [0.1, 0.15) is 46.0 Å². The quantitative estimate of drug-likeness (QED) is 0.678. The molecule has 2 atom stereocenters. The van der Waals surface area contributed by atoms with E-state index >= 15 is 0 Å². The molecule has 2 unspecified atom stereocenters. The number of morpholine rings is 1. The summed E-state index contributed by atoms with van der Waals surface area (Å²) in [4.78, 5) is 2.43. The topological polar surface area (TPSA) is 32.7 Å². The van der Waals surface area contributed by atoms with Crippen molar-refractivity contribution in [1.82, 2.24) is 4.90 Å². The summed E-state index contributed by atoms with van der Waals surface area (Å²) in [6.45, 7) is 7.56. The molecule has 1 N–H and O–H groups in total. The van der Waals surface area contributed by atoms with Crippen LogP contribution in [0.25, 0.3) is 0 Å². The van der Waals surface area contributed by atoms with Crippen LogP contribution in [-0.2, 0) is 4.74 Å². The van der Waals surface area contributed by atoms with Crippen molar-refractivity contribution in [2.45, 2.75) is 58.2 Å². The van der Waals surface area contributed by atoms with E-state index in [-0.39, 0.29) is 18.8 Å². The number of aliphatic hydroxyl groups is 1. The van der Waals surface area contributed by atoms with Crippen LogP contribution < -0.4 is 0 Å². The second-order valence-electron chi connectivity index (χ2n) is 4.93. The van der Waals surface area contributed by atoms with Crippen molar-refractivity contribution >= 4 is 0 Å². The van der Waals surface area contributed by atoms with Crippen LogP contribution in [0.5, 0.6) is 0 Å². The fraction of sp³-hybridized carbons (Fsp3) is 1.00.